The highest BCUT2D eigenvalue weighted by atomic mass is 16.6. The maximum absolute atomic E-state index is 10.7. The van der Waals surface area contributed by atoms with Crippen LogP contribution in [0.4, 0.5) is 0 Å². The van der Waals surface area contributed by atoms with Crippen LogP contribution in [0.2, 0.25) is 0 Å². The lowest BCUT2D eigenvalue weighted by Gasteiger charge is -2.65. The molecule has 2 aliphatic heterocycles. The van der Waals surface area contributed by atoms with Crippen LogP contribution in [-0.4, -0.2) is 47.3 Å². The van der Waals surface area contributed by atoms with E-state index >= 15 is 0 Å². The molecule has 4 fully saturated rings. The van der Waals surface area contributed by atoms with Gasteiger partial charge in [-0.25, -0.2) is 0 Å². The van der Waals surface area contributed by atoms with Crippen molar-refractivity contribution in [3.8, 4) is 0 Å². The minimum Gasteiger partial charge on any atom is -0.396 e. The van der Waals surface area contributed by atoms with E-state index in [9.17, 15) is 10.2 Å². The minimum atomic E-state index is -0.411. The third kappa shape index (κ3) is 2.00. The third-order valence-electron chi connectivity index (χ3n) is 8.67. The van der Waals surface area contributed by atoms with Gasteiger partial charge in [-0.05, 0) is 50.4 Å². The van der Waals surface area contributed by atoms with Crippen LogP contribution in [-0.2, 0) is 9.47 Å². The second-order valence-electron chi connectivity index (χ2n) is 9.64. The van der Waals surface area contributed by atoms with E-state index in [4.69, 9.17) is 9.47 Å². The highest BCUT2D eigenvalue weighted by Crippen LogP contribution is 2.68. The van der Waals surface area contributed by atoms with Crippen LogP contribution in [0.25, 0.3) is 0 Å². The number of hydrogen-bond acceptors (Lipinski definition) is 4. The molecule has 0 bridgehead atoms. The van der Waals surface area contributed by atoms with Crippen molar-refractivity contribution in [2.75, 3.05) is 19.8 Å². The Hall–Kier alpha value is -0.160. The molecule has 0 amide bonds. The van der Waals surface area contributed by atoms with E-state index in [2.05, 4.69) is 20.8 Å². The molecule has 2 N–H and O–H groups in total. The van der Waals surface area contributed by atoms with Crippen LogP contribution < -0.4 is 0 Å². The van der Waals surface area contributed by atoms with E-state index in [0.29, 0.717) is 11.8 Å². The lowest BCUT2D eigenvalue weighted by Crippen LogP contribution is -2.66. The maximum Gasteiger partial charge on any atom is 0.0945 e. The Labute approximate surface area is 145 Å². The Morgan fingerprint density at radius 3 is 2.50 bits per heavy atom. The monoisotopic (exact) mass is 338 g/mol. The first-order chi connectivity index (χ1) is 11.3. The molecule has 2 aliphatic carbocycles. The highest BCUT2D eigenvalue weighted by molar-refractivity contribution is 5.17. The third-order valence-corrected chi connectivity index (χ3v) is 8.67. The molecule has 24 heavy (non-hydrogen) atoms. The van der Waals surface area contributed by atoms with Gasteiger partial charge in [-0.3, -0.25) is 0 Å². The van der Waals surface area contributed by atoms with Crippen LogP contribution in [0.1, 0.15) is 65.7 Å². The van der Waals surface area contributed by atoms with E-state index in [1.807, 2.05) is 0 Å². The van der Waals surface area contributed by atoms with Gasteiger partial charge in [0.2, 0.25) is 0 Å². The SMILES string of the molecule is C[C@@H]1CC[C@@H]2[C@](C)(CO)[C@@H](O)CC[C@]2(C)[C@@]12CC[C@@]1(CCOC1)O2. The molecule has 4 heteroatoms. The van der Waals surface area contributed by atoms with Gasteiger partial charge in [-0.15, -0.1) is 0 Å². The zero-order valence-corrected chi connectivity index (χ0v) is 15.5. The number of ether oxygens (including phenoxy) is 2. The summed E-state index contributed by atoms with van der Waals surface area (Å²) in [6.07, 6.45) is 6.78. The fraction of sp³-hybridized carbons (Fsp3) is 1.00. The molecule has 4 nitrogen and oxygen atoms in total. The Bertz CT molecular complexity index is 502. The average Bonchev–Trinajstić information content (AvgIpc) is 3.18. The van der Waals surface area contributed by atoms with Gasteiger partial charge in [0.05, 0.1) is 30.5 Å². The van der Waals surface area contributed by atoms with Gasteiger partial charge < -0.3 is 19.7 Å². The van der Waals surface area contributed by atoms with Gasteiger partial charge in [0, 0.05) is 23.9 Å². The summed E-state index contributed by atoms with van der Waals surface area (Å²) in [5, 5.41) is 20.8. The van der Waals surface area contributed by atoms with Crippen molar-refractivity contribution in [1.82, 2.24) is 0 Å². The average molecular weight is 338 g/mol. The zero-order valence-electron chi connectivity index (χ0n) is 15.5. The smallest absolute Gasteiger partial charge is 0.0945 e. The van der Waals surface area contributed by atoms with Crippen molar-refractivity contribution in [3.63, 3.8) is 0 Å². The molecular formula is C20H34O4. The Morgan fingerprint density at radius 1 is 1.04 bits per heavy atom. The van der Waals surface area contributed by atoms with Crippen molar-refractivity contribution in [3.05, 3.63) is 0 Å². The molecule has 0 unspecified atom stereocenters. The molecule has 4 aliphatic rings. The molecule has 2 saturated carbocycles. The van der Waals surface area contributed by atoms with Gasteiger partial charge in [-0.2, -0.15) is 0 Å². The van der Waals surface area contributed by atoms with Gasteiger partial charge in [0.1, 0.15) is 0 Å². The van der Waals surface area contributed by atoms with Crippen LogP contribution >= 0.6 is 0 Å². The second kappa shape index (κ2) is 5.42. The van der Waals surface area contributed by atoms with Crippen molar-refractivity contribution < 1.29 is 19.7 Å². The normalized spacial score (nSPS) is 57.6. The molecule has 0 aromatic carbocycles. The predicted molar refractivity (Wildman–Crippen MR) is 91.6 cm³/mol. The first-order valence-corrected chi connectivity index (χ1v) is 9.89. The molecule has 4 rings (SSSR count). The summed E-state index contributed by atoms with van der Waals surface area (Å²) in [6.45, 7) is 8.46. The topological polar surface area (TPSA) is 58.9 Å². The second-order valence-corrected chi connectivity index (χ2v) is 9.64. The lowest BCUT2D eigenvalue weighted by atomic mass is 9.43. The molecule has 0 aromatic rings. The molecule has 2 saturated heterocycles. The summed E-state index contributed by atoms with van der Waals surface area (Å²) in [5.41, 5.74) is -0.593. The van der Waals surface area contributed by atoms with Crippen LogP contribution in [0.5, 0.6) is 0 Å². The molecule has 2 heterocycles. The maximum atomic E-state index is 10.7. The number of fused-ring (bicyclic) bond motifs is 2. The first kappa shape index (κ1) is 17.3. The zero-order chi connectivity index (χ0) is 17.2. The van der Waals surface area contributed by atoms with E-state index in [0.717, 1.165) is 58.2 Å². The fourth-order valence-corrected chi connectivity index (χ4v) is 7.00. The summed E-state index contributed by atoms with van der Waals surface area (Å²) in [4.78, 5) is 0. The Morgan fingerprint density at radius 2 is 1.83 bits per heavy atom. The summed E-state index contributed by atoms with van der Waals surface area (Å²) < 4.78 is 12.7. The molecule has 0 radical (unpaired) electrons. The Kier molecular flexibility index (Phi) is 3.90. The lowest BCUT2D eigenvalue weighted by molar-refractivity contribution is -0.266. The fourth-order valence-electron chi connectivity index (χ4n) is 7.00. The van der Waals surface area contributed by atoms with Gasteiger partial charge >= 0.3 is 0 Å². The van der Waals surface area contributed by atoms with Gasteiger partial charge in [0.15, 0.2) is 0 Å². The summed E-state index contributed by atoms with van der Waals surface area (Å²) in [6, 6.07) is 0. The molecular weight excluding hydrogens is 304 g/mol. The Balaban J connectivity index is 1.74. The summed E-state index contributed by atoms with van der Waals surface area (Å²) >= 11 is 0. The van der Waals surface area contributed by atoms with Gasteiger partial charge in [-0.1, -0.05) is 20.8 Å². The van der Waals surface area contributed by atoms with Crippen molar-refractivity contribution in [2.45, 2.75) is 83.0 Å². The van der Waals surface area contributed by atoms with E-state index in [1.54, 1.807) is 0 Å². The van der Waals surface area contributed by atoms with Crippen molar-refractivity contribution >= 4 is 0 Å². The number of aliphatic hydroxyl groups excluding tert-OH is 2. The minimum absolute atomic E-state index is 0.0213. The highest BCUT2D eigenvalue weighted by Gasteiger charge is 2.69. The summed E-state index contributed by atoms with van der Waals surface area (Å²) in [5.74, 6) is 0.837. The summed E-state index contributed by atoms with van der Waals surface area (Å²) in [7, 11) is 0. The molecule has 138 valence electrons. The molecule has 0 aromatic heterocycles. The number of rotatable bonds is 1. The van der Waals surface area contributed by atoms with Crippen LogP contribution in [0.3, 0.4) is 0 Å². The van der Waals surface area contributed by atoms with E-state index in [-0.39, 0.29) is 23.2 Å². The number of hydrogen-bond donors (Lipinski definition) is 2. The van der Waals surface area contributed by atoms with Gasteiger partial charge in [0.25, 0.3) is 0 Å². The number of aliphatic hydroxyl groups is 2. The van der Waals surface area contributed by atoms with Crippen molar-refractivity contribution in [2.24, 2.45) is 22.7 Å². The quantitative estimate of drug-likeness (QED) is 0.772. The molecule has 2 spiro atoms. The van der Waals surface area contributed by atoms with E-state index < -0.39 is 11.5 Å². The van der Waals surface area contributed by atoms with Crippen LogP contribution in [0, 0.1) is 22.7 Å². The first-order valence-electron chi connectivity index (χ1n) is 9.89. The van der Waals surface area contributed by atoms with Crippen molar-refractivity contribution in [1.29, 1.82) is 0 Å². The van der Waals surface area contributed by atoms with E-state index in [1.165, 1.54) is 0 Å². The predicted octanol–water partition coefficient (Wildman–Crippen LogP) is 2.90. The molecule has 7 atom stereocenters. The standard InChI is InChI=1S/C20H34O4/c1-14-4-5-15-17(2,12-21)16(22)6-7-18(15,3)20(14)9-8-19(24-20)10-11-23-13-19/h14-16,21-22H,4-13H2,1-3H3/t14-,15-,16+,17+,18+,19+,20-/m1/s1. The largest absolute Gasteiger partial charge is 0.396 e. The van der Waals surface area contributed by atoms with Crippen LogP contribution in [0.15, 0.2) is 0 Å².